The molecule has 0 spiro atoms. The average Bonchev–Trinajstić information content (AvgIpc) is 2.73. The van der Waals surface area contributed by atoms with Crippen LogP contribution in [0.15, 0.2) is 29.6 Å². The van der Waals surface area contributed by atoms with Crippen LogP contribution in [-0.4, -0.2) is 10.8 Å². The molecule has 0 amide bonds. The van der Waals surface area contributed by atoms with E-state index in [-0.39, 0.29) is 5.78 Å². The summed E-state index contributed by atoms with van der Waals surface area (Å²) in [6.07, 6.45) is 4.28. The molecule has 0 aliphatic heterocycles. The molecule has 0 saturated heterocycles. The summed E-state index contributed by atoms with van der Waals surface area (Å²) in [5, 5.41) is 2.91. The normalized spacial score (nSPS) is 15.2. The van der Waals surface area contributed by atoms with Gasteiger partial charge < -0.3 is 0 Å². The van der Waals surface area contributed by atoms with Crippen molar-refractivity contribution in [3.8, 4) is 0 Å². The number of carbonyl (C=O) groups excluding carboxylic acids is 1. The fourth-order valence-electron chi connectivity index (χ4n) is 2.43. The summed E-state index contributed by atoms with van der Waals surface area (Å²) in [5.41, 5.74) is 3.15. The first-order chi connectivity index (χ1) is 9.22. The smallest absolute Gasteiger partial charge is 0.169 e. The molecule has 2 aromatic rings. The molecule has 3 rings (SSSR count). The highest BCUT2D eigenvalue weighted by molar-refractivity contribution is 7.09. The molecule has 1 saturated carbocycles. The highest BCUT2D eigenvalue weighted by atomic mass is 32.1. The van der Waals surface area contributed by atoms with Gasteiger partial charge in [0.05, 0.1) is 6.42 Å². The third-order valence-corrected chi connectivity index (χ3v) is 4.73. The second-order valence-corrected chi connectivity index (χ2v) is 6.18. The summed E-state index contributed by atoms with van der Waals surface area (Å²) in [4.78, 5) is 16.6. The zero-order valence-corrected chi connectivity index (χ0v) is 11.9. The Morgan fingerprint density at radius 2 is 2.26 bits per heavy atom. The Kier molecular flexibility index (Phi) is 3.47. The number of hydrogen-bond acceptors (Lipinski definition) is 3. The minimum Gasteiger partial charge on any atom is -0.294 e. The quantitative estimate of drug-likeness (QED) is 0.782. The van der Waals surface area contributed by atoms with E-state index >= 15 is 0 Å². The van der Waals surface area contributed by atoms with Crippen molar-refractivity contribution in [2.45, 2.75) is 38.5 Å². The fourth-order valence-corrected chi connectivity index (χ4v) is 3.20. The number of Topliss-reactive ketones (excluding diaryl/α,β-unsaturated/α-hetero) is 1. The number of hydrogen-bond donors (Lipinski definition) is 0. The molecule has 98 valence electrons. The minimum absolute atomic E-state index is 0.176. The van der Waals surface area contributed by atoms with Crippen molar-refractivity contribution in [2.75, 3.05) is 0 Å². The van der Waals surface area contributed by atoms with Gasteiger partial charge in [0.15, 0.2) is 5.78 Å². The molecule has 0 bridgehead atoms. The van der Waals surface area contributed by atoms with Gasteiger partial charge >= 0.3 is 0 Å². The highest BCUT2D eigenvalue weighted by Gasteiger charge is 2.20. The maximum Gasteiger partial charge on any atom is 0.169 e. The third-order valence-electron chi connectivity index (χ3n) is 3.76. The van der Waals surface area contributed by atoms with Gasteiger partial charge in [-0.15, -0.1) is 11.3 Å². The van der Waals surface area contributed by atoms with Crippen LogP contribution in [0.2, 0.25) is 0 Å². The van der Waals surface area contributed by atoms with Gasteiger partial charge in [-0.2, -0.15) is 0 Å². The van der Waals surface area contributed by atoms with Gasteiger partial charge in [-0.1, -0.05) is 24.6 Å². The van der Waals surface area contributed by atoms with E-state index in [9.17, 15) is 4.79 Å². The van der Waals surface area contributed by atoms with Crippen molar-refractivity contribution in [3.05, 3.63) is 51.5 Å². The van der Waals surface area contributed by atoms with Crippen molar-refractivity contribution < 1.29 is 4.79 Å². The van der Waals surface area contributed by atoms with Crippen molar-refractivity contribution in [2.24, 2.45) is 0 Å². The number of carbonyl (C=O) groups is 1. The molecule has 1 fully saturated rings. The van der Waals surface area contributed by atoms with Crippen LogP contribution in [0, 0.1) is 6.92 Å². The van der Waals surface area contributed by atoms with Gasteiger partial charge in [0.2, 0.25) is 0 Å². The number of aryl methyl sites for hydroxylation is 1. The first-order valence-corrected chi connectivity index (χ1v) is 7.64. The van der Waals surface area contributed by atoms with Crippen molar-refractivity contribution in [1.29, 1.82) is 0 Å². The van der Waals surface area contributed by atoms with Crippen LogP contribution in [0.4, 0.5) is 0 Å². The molecule has 19 heavy (non-hydrogen) atoms. The monoisotopic (exact) mass is 271 g/mol. The number of thiazole rings is 1. The Morgan fingerprint density at radius 1 is 1.42 bits per heavy atom. The SMILES string of the molecule is Cc1csc(CC(=O)c2cccc(C3CCC3)c2)n1. The minimum atomic E-state index is 0.176. The van der Waals surface area contributed by atoms with Gasteiger partial charge in [0.25, 0.3) is 0 Å². The van der Waals surface area contributed by atoms with E-state index in [1.54, 1.807) is 11.3 Å². The van der Waals surface area contributed by atoms with E-state index in [0.29, 0.717) is 12.3 Å². The first kappa shape index (κ1) is 12.5. The van der Waals surface area contributed by atoms with Gasteiger partial charge in [-0.3, -0.25) is 4.79 Å². The van der Waals surface area contributed by atoms with Gasteiger partial charge in [-0.05, 0) is 37.3 Å². The lowest BCUT2D eigenvalue weighted by Gasteiger charge is -2.26. The number of benzene rings is 1. The molecule has 3 heteroatoms. The molecule has 0 radical (unpaired) electrons. The molecule has 1 aromatic carbocycles. The van der Waals surface area contributed by atoms with Crippen LogP contribution >= 0.6 is 11.3 Å². The standard InChI is InChI=1S/C16H17NOS/c1-11-10-19-16(17-11)9-15(18)14-7-3-6-13(8-14)12-4-2-5-12/h3,6-8,10,12H,2,4-5,9H2,1H3. The van der Waals surface area contributed by atoms with Gasteiger partial charge in [0, 0.05) is 16.6 Å². The van der Waals surface area contributed by atoms with E-state index in [4.69, 9.17) is 0 Å². The molecule has 0 N–H and O–H groups in total. The lowest BCUT2D eigenvalue weighted by Crippen LogP contribution is -2.10. The maximum absolute atomic E-state index is 12.3. The van der Waals surface area contributed by atoms with Crippen molar-refractivity contribution in [1.82, 2.24) is 4.98 Å². The summed E-state index contributed by atoms with van der Waals surface area (Å²) in [6, 6.07) is 8.15. The fraction of sp³-hybridized carbons (Fsp3) is 0.375. The van der Waals surface area contributed by atoms with Crippen molar-refractivity contribution in [3.63, 3.8) is 0 Å². The predicted octanol–water partition coefficient (Wildman–Crippen LogP) is 4.14. The predicted molar refractivity (Wildman–Crippen MR) is 77.9 cm³/mol. The van der Waals surface area contributed by atoms with Crippen LogP contribution in [0.5, 0.6) is 0 Å². The molecule has 1 aliphatic carbocycles. The molecule has 2 nitrogen and oxygen atoms in total. The first-order valence-electron chi connectivity index (χ1n) is 6.76. The second-order valence-electron chi connectivity index (χ2n) is 5.24. The van der Waals surface area contributed by atoms with Gasteiger partial charge in [0.1, 0.15) is 5.01 Å². The average molecular weight is 271 g/mol. The molecule has 1 aromatic heterocycles. The molecule has 1 aliphatic rings. The second kappa shape index (κ2) is 5.25. The number of ketones is 1. The third kappa shape index (κ3) is 2.76. The molecule has 0 atom stereocenters. The number of aromatic nitrogens is 1. The van der Waals surface area contributed by atoms with Gasteiger partial charge in [-0.25, -0.2) is 4.98 Å². The van der Waals surface area contributed by atoms with Crippen LogP contribution in [0.1, 0.15) is 51.8 Å². The number of nitrogens with zero attached hydrogens (tertiary/aromatic N) is 1. The Hall–Kier alpha value is -1.48. The molecule has 0 unspecified atom stereocenters. The van der Waals surface area contributed by atoms with E-state index < -0.39 is 0 Å². The van der Waals surface area contributed by atoms with E-state index in [0.717, 1.165) is 16.3 Å². The van der Waals surface area contributed by atoms with E-state index in [2.05, 4.69) is 17.1 Å². The summed E-state index contributed by atoms with van der Waals surface area (Å²) < 4.78 is 0. The lowest BCUT2D eigenvalue weighted by atomic mass is 9.79. The molecular formula is C16H17NOS. The summed E-state index contributed by atoms with van der Waals surface area (Å²) in [7, 11) is 0. The number of rotatable bonds is 4. The van der Waals surface area contributed by atoms with E-state index in [1.165, 1.54) is 24.8 Å². The zero-order valence-electron chi connectivity index (χ0n) is 11.1. The van der Waals surface area contributed by atoms with Crippen LogP contribution in [-0.2, 0) is 6.42 Å². The Balaban J connectivity index is 1.75. The summed E-state index contributed by atoms with van der Waals surface area (Å²) in [6.45, 7) is 1.96. The lowest BCUT2D eigenvalue weighted by molar-refractivity contribution is 0.0992. The van der Waals surface area contributed by atoms with E-state index in [1.807, 2.05) is 24.4 Å². The summed E-state index contributed by atoms with van der Waals surface area (Å²) >= 11 is 1.57. The maximum atomic E-state index is 12.3. The molecule has 1 heterocycles. The highest BCUT2D eigenvalue weighted by Crippen LogP contribution is 2.36. The zero-order chi connectivity index (χ0) is 13.2. The Morgan fingerprint density at radius 3 is 2.89 bits per heavy atom. The molecular weight excluding hydrogens is 254 g/mol. The van der Waals surface area contributed by atoms with Crippen LogP contribution < -0.4 is 0 Å². The summed E-state index contributed by atoms with van der Waals surface area (Å²) in [5.74, 6) is 0.852. The van der Waals surface area contributed by atoms with Crippen molar-refractivity contribution >= 4 is 17.1 Å². The Bertz CT molecular complexity index is 598. The largest absolute Gasteiger partial charge is 0.294 e. The Labute approximate surface area is 117 Å². The topological polar surface area (TPSA) is 30.0 Å². The van der Waals surface area contributed by atoms with Crippen LogP contribution in [0.25, 0.3) is 0 Å². The van der Waals surface area contributed by atoms with Crippen LogP contribution in [0.3, 0.4) is 0 Å².